The normalized spacial score (nSPS) is 11.6. The SMILES string of the molecule is C#CC(=O)O.CC(C)C[C@@H](N)C(=O)O.N[C@@H](CCc1ccccc1)C(=O)O. The second kappa shape index (κ2) is 15.4. The highest BCUT2D eigenvalue weighted by Gasteiger charge is 2.12. The van der Waals surface area contributed by atoms with E-state index in [9.17, 15) is 9.59 Å². The summed E-state index contributed by atoms with van der Waals surface area (Å²) in [4.78, 5) is 29.6. The Labute approximate surface area is 159 Å². The maximum absolute atomic E-state index is 10.4. The monoisotopic (exact) mass is 380 g/mol. The van der Waals surface area contributed by atoms with Gasteiger partial charge in [-0.3, -0.25) is 9.59 Å². The summed E-state index contributed by atoms with van der Waals surface area (Å²) in [6.45, 7) is 3.89. The second-order valence-corrected chi connectivity index (χ2v) is 5.99. The molecule has 0 aliphatic heterocycles. The number of carboxylic acid groups (broad SMARTS) is 3. The summed E-state index contributed by atoms with van der Waals surface area (Å²) in [7, 11) is 0. The minimum Gasteiger partial charge on any atom is -0.480 e. The Bertz CT molecular complexity index is 610. The average molecular weight is 380 g/mol. The predicted molar refractivity (Wildman–Crippen MR) is 102 cm³/mol. The van der Waals surface area contributed by atoms with Crippen molar-refractivity contribution in [3.63, 3.8) is 0 Å². The molecule has 1 aromatic rings. The number of hydrogen-bond donors (Lipinski definition) is 5. The van der Waals surface area contributed by atoms with Gasteiger partial charge in [0.1, 0.15) is 12.1 Å². The minimum atomic E-state index is -1.22. The third-order valence-corrected chi connectivity index (χ3v) is 3.07. The van der Waals surface area contributed by atoms with Gasteiger partial charge in [0.25, 0.3) is 0 Å². The first kappa shape index (κ1) is 26.3. The van der Waals surface area contributed by atoms with Crippen LogP contribution in [0.1, 0.15) is 32.3 Å². The number of nitrogens with two attached hydrogens (primary N) is 2. The lowest BCUT2D eigenvalue weighted by Gasteiger charge is -2.07. The summed E-state index contributed by atoms with van der Waals surface area (Å²) in [5, 5.41) is 24.3. The Kier molecular flexibility index (Phi) is 15.0. The third kappa shape index (κ3) is 17.7. The molecule has 0 saturated carbocycles. The van der Waals surface area contributed by atoms with Crippen LogP contribution in [0.3, 0.4) is 0 Å². The van der Waals surface area contributed by atoms with Crippen molar-refractivity contribution in [3.05, 3.63) is 35.9 Å². The summed E-state index contributed by atoms with van der Waals surface area (Å²) in [5.41, 5.74) is 11.7. The van der Waals surface area contributed by atoms with E-state index >= 15 is 0 Å². The Morgan fingerprint density at radius 2 is 1.44 bits per heavy atom. The van der Waals surface area contributed by atoms with Crippen molar-refractivity contribution in [1.82, 2.24) is 0 Å². The fourth-order valence-electron chi connectivity index (χ4n) is 1.70. The van der Waals surface area contributed by atoms with Crippen molar-refractivity contribution in [2.75, 3.05) is 0 Å². The standard InChI is InChI=1S/C10H13NO2.C6H13NO2.C3H2O2/c11-9(10(12)13)7-6-8-4-2-1-3-5-8;1-4(2)3-5(7)6(8)9;1-2-3(4)5/h1-5,9H,6-7,11H2,(H,12,13);4-5H,3,7H2,1-2H3,(H,8,9);1H,(H,4,5)/t9-;5-;/m01./s1. The van der Waals surface area contributed by atoms with Crippen LogP contribution in [-0.2, 0) is 20.8 Å². The Balaban J connectivity index is 0. The summed E-state index contributed by atoms with van der Waals surface area (Å²) >= 11 is 0. The van der Waals surface area contributed by atoms with Gasteiger partial charge < -0.3 is 26.8 Å². The van der Waals surface area contributed by atoms with Crippen LogP contribution >= 0.6 is 0 Å². The molecular weight excluding hydrogens is 352 g/mol. The van der Waals surface area contributed by atoms with Crippen LogP contribution in [-0.4, -0.2) is 45.3 Å². The number of terminal acetylenes is 1. The summed E-state index contributed by atoms with van der Waals surface area (Å²) < 4.78 is 0. The topological polar surface area (TPSA) is 164 Å². The molecule has 150 valence electrons. The van der Waals surface area contributed by atoms with Crippen molar-refractivity contribution in [2.45, 2.75) is 45.2 Å². The number of aryl methyl sites for hydroxylation is 1. The summed E-state index contributed by atoms with van der Waals surface area (Å²) in [6, 6.07) is 8.29. The van der Waals surface area contributed by atoms with Crippen LogP contribution in [0, 0.1) is 18.3 Å². The molecule has 0 amide bonds. The van der Waals surface area contributed by atoms with E-state index < -0.39 is 30.0 Å². The highest BCUT2D eigenvalue weighted by Crippen LogP contribution is 2.03. The molecule has 8 heteroatoms. The Morgan fingerprint density at radius 3 is 1.74 bits per heavy atom. The molecule has 2 atom stereocenters. The summed E-state index contributed by atoms with van der Waals surface area (Å²) in [6.07, 6.45) is 6.07. The molecule has 0 aliphatic carbocycles. The molecular formula is C19H28N2O6. The second-order valence-electron chi connectivity index (χ2n) is 5.99. The van der Waals surface area contributed by atoms with E-state index in [1.165, 1.54) is 5.92 Å². The zero-order chi connectivity index (χ0) is 21.4. The van der Waals surface area contributed by atoms with E-state index in [1.807, 2.05) is 44.2 Å². The van der Waals surface area contributed by atoms with E-state index in [-0.39, 0.29) is 0 Å². The number of rotatable bonds is 7. The molecule has 0 aliphatic rings. The maximum Gasteiger partial charge on any atom is 0.381 e. The molecule has 1 aromatic carbocycles. The Hall–Kier alpha value is -2.89. The molecule has 0 fully saturated rings. The van der Waals surface area contributed by atoms with Crippen LogP contribution in [0.4, 0.5) is 0 Å². The van der Waals surface area contributed by atoms with E-state index in [2.05, 4.69) is 6.42 Å². The highest BCUT2D eigenvalue weighted by molar-refractivity contribution is 5.85. The van der Waals surface area contributed by atoms with Crippen molar-refractivity contribution in [3.8, 4) is 12.3 Å². The van der Waals surface area contributed by atoms with E-state index in [4.69, 9.17) is 31.6 Å². The van der Waals surface area contributed by atoms with Gasteiger partial charge in [-0.25, -0.2) is 4.79 Å². The lowest BCUT2D eigenvalue weighted by Crippen LogP contribution is -2.31. The van der Waals surface area contributed by atoms with Crippen LogP contribution in [0.5, 0.6) is 0 Å². The zero-order valence-electron chi connectivity index (χ0n) is 15.5. The fraction of sp³-hybridized carbons (Fsp3) is 0.421. The molecule has 7 N–H and O–H groups in total. The van der Waals surface area contributed by atoms with Crippen molar-refractivity contribution in [2.24, 2.45) is 17.4 Å². The first-order chi connectivity index (χ1) is 12.5. The Morgan fingerprint density at radius 1 is 1.00 bits per heavy atom. The van der Waals surface area contributed by atoms with Gasteiger partial charge in [-0.1, -0.05) is 44.2 Å². The van der Waals surface area contributed by atoms with Crippen LogP contribution < -0.4 is 11.5 Å². The lowest BCUT2D eigenvalue weighted by atomic mass is 10.1. The number of hydrogen-bond acceptors (Lipinski definition) is 5. The quantitative estimate of drug-likeness (QED) is 0.440. The van der Waals surface area contributed by atoms with Gasteiger partial charge in [-0.15, -0.1) is 6.42 Å². The number of benzene rings is 1. The van der Waals surface area contributed by atoms with Crippen molar-refractivity contribution >= 4 is 17.9 Å². The number of carboxylic acids is 3. The molecule has 0 saturated heterocycles. The molecule has 0 aromatic heterocycles. The fourth-order valence-corrected chi connectivity index (χ4v) is 1.70. The van der Waals surface area contributed by atoms with Crippen LogP contribution in [0.15, 0.2) is 30.3 Å². The molecule has 1 rings (SSSR count). The van der Waals surface area contributed by atoms with Crippen molar-refractivity contribution in [1.29, 1.82) is 0 Å². The first-order valence-corrected chi connectivity index (χ1v) is 8.21. The molecule has 0 spiro atoms. The molecule has 8 nitrogen and oxygen atoms in total. The largest absolute Gasteiger partial charge is 0.480 e. The van der Waals surface area contributed by atoms with E-state index in [0.717, 1.165) is 5.56 Å². The number of aliphatic carboxylic acids is 3. The predicted octanol–water partition coefficient (Wildman–Crippen LogP) is 1.18. The molecule has 27 heavy (non-hydrogen) atoms. The average Bonchev–Trinajstić information content (AvgIpc) is 2.60. The zero-order valence-corrected chi connectivity index (χ0v) is 15.5. The minimum absolute atomic E-state index is 0.357. The van der Waals surface area contributed by atoms with Gasteiger partial charge in [0.15, 0.2) is 0 Å². The van der Waals surface area contributed by atoms with Gasteiger partial charge in [0.05, 0.1) is 0 Å². The highest BCUT2D eigenvalue weighted by atomic mass is 16.4. The number of carbonyl (C=O) groups is 3. The van der Waals surface area contributed by atoms with Gasteiger partial charge in [0.2, 0.25) is 0 Å². The van der Waals surface area contributed by atoms with Gasteiger partial charge >= 0.3 is 17.9 Å². The summed E-state index contributed by atoms with van der Waals surface area (Å²) in [5.74, 6) is -1.26. The molecule has 0 bridgehead atoms. The van der Waals surface area contributed by atoms with Crippen molar-refractivity contribution < 1.29 is 29.7 Å². The maximum atomic E-state index is 10.4. The molecule has 0 heterocycles. The van der Waals surface area contributed by atoms with E-state index in [0.29, 0.717) is 25.2 Å². The van der Waals surface area contributed by atoms with Gasteiger partial charge in [-0.05, 0) is 30.7 Å². The third-order valence-electron chi connectivity index (χ3n) is 3.07. The molecule has 0 radical (unpaired) electrons. The smallest absolute Gasteiger partial charge is 0.381 e. The lowest BCUT2D eigenvalue weighted by molar-refractivity contribution is -0.139. The van der Waals surface area contributed by atoms with Crippen LogP contribution in [0.2, 0.25) is 0 Å². The first-order valence-electron chi connectivity index (χ1n) is 8.21. The van der Waals surface area contributed by atoms with Crippen LogP contribution in [0.25, 0.3) is 0 Å². The van der Waals surface area contributed by atoms with Gasteiger partial charge in [-0.2, -0.15) is 0 Å². The van der Waals surface area contributed by atoms with Gasteiger partial charge in [0, 0.05) is 5.92 Å². The van der Waals surface area contributed by atoms with E-state index in [1.54, 1.807) is 0 Å². The molecule has 0 unspecified atom stereocenters.